The molecule has 0 saturated heterocycles. The Hall–Kier alpha value is -2.38. The average Bonchev–Trinajstić information content (AvgIpc) is 3.03. The molecule has 1 aromatic heterocycles. The van der Waals surface area contributed by atoms with Crippen molar-refractivity contribution in [3.05, 3.63) is 69.8 Å². The maximum absolute atomic E-state index is 12.5. The van der Waals surface area contributed by atoms with Crippen LogP contribution in [0.3, 0.4) is 0 Å². The quantitative estimate of drug-likeness (QED) is 0.721. The van der Waals surface area contributed by atoms with Crippen molar-refractivity contribution in [2.45, 2.75) is 12.7 Å². The summed E-state index contributed by atoms with van der Waals surface area (Å²) in [4.78, 5) is 8.10. The number of aromatic amines is 1. The highest BCUT2D eigenvalue weighted by molar-refractivity contribution is 7.07. The van der Waals surface area contributed by atoms with E-state index in [0.717, 1.165) is 29.0 Å². The topological polar surface area (TPSA) is 54.2 Å². The van der Waals surface area contributed by atoms with Crippen molar-refractivity contribution >= 4 is 17.0 Å². The van der Waals surface area contributed by atoms with Crippen molar-refractivity contribution in [3.63, 3.8) is 0 Å². The van der Waals surface area contributed by atoms with Crippen LogP contribution >= 0.6 is 11.3 Å². The molecule has 0 radical (unpaired) electrons. The van der Waals surface area contributed by atoms with Crippen molar-refractivity contribution < 1.29 is 13.2 Å². The number of alkyl halides is 3. The van der Waals surface area contributed by atoms with Crippen LogP contribution < -0.4 is 10.5 Å². The number of hydrogen-bond donors (Lipinski definition) is 2. The monoisotopic (exact) mass is 349 g/mol. The average molecular weight is 349 g/mol. The summed E-state index contributed by atoms with van der Waals surface area (Å²) >= 11 is 1.39. The molecule has 3 aromatic rings. The van der Waals surface area contributed by atoms with E-state index in [-0.39, 0.29) is 0 Å². The second-order valence-corrected chi connectivity index (χ2v) is 6.00. The molecule has 0 saturated carbocycles. The van der Waals surface area contributed by atoms with E-state index in [2.05, 4.69) is 9.98 Å². The van der Waals surface area contributed by atoms with E-state index in [0.29, 0.717) is 17.0 Å². The zero-order chi connectivity index (χ0) is 17.2. The number of nitrogens with one attached hydrogen (secondary N) is 1. The third-order valence-corrected chi connectivity index (χ3v) is 4.23. The highest BCUT2D eigenvalue weighted by Crippen LogP contribution is 2.30. The Labute approximate surface area is 140 Å². The Balaban J connectivity index is 1.85. The fraction of sp³-hybridized carbons (Fsp3) is 0.118. The lowest BCUT2D eigenvalue weighted by Gasteiger charge is -2.05. The minimum Gasteiger partial charge on any atom is -0.330 e. The van der Waals surface area contributed by atoms with Crippen molar-refractivity contribution in [1.29, 1.82) is 0 Å². The standard InChI is InChI=1S/C17H14F3N3S/c18-17(19,20)13-5-7-14(8-6-13)22-16-23-15(10-24-16)12-3-1-11(9-21)2-4-12/h1-8,10H,9,21H2,(H,22,23). The molecule has 0 bridgehead atoms. The molecule has 3 rings (SSSR count). The van der Waals surface area contributed by atoms with E-state index in [4.69, 9.17) is 5.73 Å². The summed E-state index contributed by atoms with van der Waals surface area (Å²) in [5.74, 6) is 0. The van der Waals surface area contributed by atoms with Gasteiger partial charge in [-0.1, -0.05) is 24.3 Å². The van der Waals surface area contributed by atoms with Gasteiger partial charge in [-0.05, 0) is 35.4 Å². The van der Waals surface area contributed by atoms with Gasteiger partial charge in [-0.2, -0.15) is 13.2 Å². The van der Waals surface area contributed by atoms with Crippen LogP contribution in [0.25, 0.3) is 11.3 Å². The molecule has 3 nitrogen and oxygen atoms in total. The van der Waals surface area contributed by atoms with Crippen LogP contribution in [0.1, 0.15) is 11.1 Å². The van der Waals surface area contributed by atoms with Crippen LogP contribution in [0.2, 0.25) is 0 Å². The van der Waals surface area contributed by atoms with Crippen LogP contribution in [0.5, 0.6) is 0 Å². The largest absolute Gasteiger partial charge is 0.416 e. The third kappa shape index (κ3) is 3.74. The molecule has 0 aliphatic rings. The number of thiazole rings is 1. The lowest BCUT2D eigenvalue weighted by atomic mass is 10.1. The second-order valence-electron chi connectivity index (χ2n) is 5.14. The summed E-state index contributed by atoms with van der Waals surface area (Å²) in [6, 6.07) is 12.6. The van der Waals surface area contributed by atoms with Gasteiger partial charge < -0.3 is 10.7 Å². The van der Waals surface area contributed by atoms with Crippen LogP contribution in [0.15, 0.2) is 58.9 Å². The zero-order valence-electron chi connectivity index (χ0n) is 12.5. The molecular formula is C17H14F3N3S. The molecule has 2 aromatic carbocycles. The molecule has 0 aliphatic heterocycles. The third-order valence-electron chi connectivity index (χ3n) is 3.46. The minimum atomic E-state index is -4.34. The maximum Gasteiger partial charge on any atom is 0.416 e. The van der Waals surface area contributed by atoms with Crippen molar-refractivity contribution in [2.75, 3.05) is 0 Å². The molecule has 0 amide bonds. The molecule has 0 unspecified atom stereocenters. The Morgan fingerprint density at radius 3 is 2.25 bits per heavy atom. The van der Waals surface area contributed by atoms with Crippen molar-refractivity contribution in [1.82, 2.24) is 4.98 Å². The Bertz CT molecular complexity index is 875. The van der Waals surface area contributed by atoms with Crippen LogP contribution in [-0.4, -0.2) is 4.98 Å². The van der Waals surface area contributed by atoms with Gasteiger partial charge in [-0.3, -0.25) is 0 Å². The number of nitrogens with zero attached hydrogens (tertiary/aromatic N) is 1. The molecule has 24 heavy (non-hydrogen) atoms. The molecule has 0 fully saturated rings. The van der Waals surface area contributed by atoms with E-state index in [1.54, 1.807) is 0 Å². The Morgan fingerprint density at radius 1 is 1.00 bits per heavy atom. The smallest absolute Gasteiger partial charge is 0.330 e. The lowest BCUT2D eigenvalue weighted by Crippen LogP contribution is -2.04. The van der Waals surface area contributed by atoms with Gasteiger partial charge in [0, 0.05) is 11.9 Å². The zero-order valence-corrected chi connectivity index (χ0v) is 13.3. The van der Waals surface area contributed by atoms with Gasteiger partial charge in [0.2, 0.25) is 0 Å². The number of halogens is 3. The summed E-state index contributed by atoms with van der Waals surface area (Å²) in [5, 5.41) is 1.92. The predicted octanol–water partition coefficient (Wildman–Crippen LogP) is 4.45. The molecule has 0 spiro atoms. The highest BCUT2D eigenvalue weighted by Gasteiger charge is 2.29. The van der Waals surface area contributed by atoms with E-state index < -0.39 is 11.7 Å². The number of aromatic nitrogens is 1. The Morgan fingerprint density at radius 2 is 1.67 bits per heavy atom. The van der Waals surface area contributed by atoms with E-state index >= 15 is 0 Å². The van der Waals surface area contributed by atoms with Gasteiger partial charge in [0.25, 0.3) is 0 Å². The van der Waals surface area contributed by atoms with Crippen LogP contribution in [-0.2, 0) is 12.7 Å². The molecule has 124 valence electrons. The Kier molecular flexibility index (Phi) is 4.55. The molecule has 0 aliphatic carbocycles. The van der Waals surface area contributed by atoms with Gasteiger partial charge in [-0.25, -0.2) is 4.99 Å². The number of hydrogen-bond acceptors (Lipinski definition) is 3. The van der Waals surface area contributed by atoms with Crippen molar-refractivity contribution in [2.24, 2.45) is 10.7 Å². The summed E-state index contributed by atoms with van der Waals surface area (Å²) in [6.07, 6.45) is -4.34. The summed E-state index contributed by atoms with van der Waals surface area (Å²) in [5.41, 5.74) is 8.30. The van der Waals surface area contributed by atoms with E-state index in [1.165, 1.54) is 23.5 Å². The highest BCUT2D eigenvalue weighted by atomic mass is 32.1. The second kappa shape index (κ2) is 6.62. The maximum atomic E-state index is 12.5. The molecule has 1 heterocycles. The minimum absolute atomic E-state index is 0.464. The first kappa shape index (κ1) is 16.5. The number of rotatable bonds is 3. The molecule has 7 heteroatoms. The first-order valence-electron chi connectivity index (χ1n) is 7.15. The van der Waals surface area contributed by atoms with Gasteiger partial charge in [0.1, 0.15) is 0 Å². The number of H-pyrrole nitrogens is 1. The van der Waals surface area contributed by atoms with Crippen LogP contribution in [0.4, 0.5) is 18.9 Å². The fourth-order valence-electron chi connectivity index (χ4n) is 2.15. The SMILES string of the molecule is NCc1ccc(-c2csc(=Nc3ccc(C(F)(F)F)cc3)[nH]2)cc1. The first-order valence-corrected chi connectivity index (χ1v) is 8.03. The van der Waals surface area contributed by atoms with Gasteiger partial charge in [0.05, 0.1) is 16.9 Å². The van der Waals surface area contributed by atoms with E-state index in [1.807, 2.05) is 29.6 Å². The number of benzene rings is 2. The summed E-state index contributed by atoms with van der Waals surface area (Å²) in [7, 11) is 0. The normalized spacial score (nSPS) is 12.6. The lowest BCUT2D eigenvalue weighted by molar-refractivity contribution is -0.137. The van der Waals surface area contributed by atoms with Gasteiger partial charge in [-0.15, -0.1) is 11.3 Å². The van der Waals surface area contributed by atoms with Crippen LogP contribution in [0, 0.1) is 0 Å². The molecule has 0 atom stereocenters. The molecule has 3 N–H and O–H groups in total. The summed E-state index contributed by atoms with van der Waals surface area (Å²) in [6.45, 7) is 0.488. The van der Waals surface area contributed by atoms with Gasteiger partial charge >= 0.3 is 6.18 Å². The van der Waals surface area contributed by atoms with Crippen molar-refractivity contribution in [3.8, 4) is 11.3 Å². The number of nitrogens with two attached hydrogens (primary N) is 1. The molecular weight excluding hydrogens is 335 g/mol. The predicted molar refractivity (Wildman–Crippen MR) is 88.7 cm³/mol. The summed E-state index contributed by atoms with van der Waals surface area (Å²) < 4.78 is 37.6. The first-order chi connectivity index (χ1) is 11.5. The fourth-order valence-corrected chi connectivity index (χ4v) is 2.90. The van der Waals surface area contributed by atoms with Gasteiger partial charge in [0.15, 0.2) is 4.80 Å². The van der Waals surface area contributed by atoms with E-state index in [9.17, 15) is 13.2 Å².